The highest BCUT2D eigenvalue weighted by Gasteiger charge is 2.24. The van der Waals surface area contributed by atoms with Crippen LogP contribution in [0.2, 0.25) is 0 Å². The molecule has 0 atom stereocenters. The summed E-state index contributed by atoms with van der Waals surface area (Å²) in [5.41, 5.74) is 1.41. The molecule has 3 rings (SSSR count). The third kappa shape index (κ3) is 3.37. The van der Waals surface area contributed by atoms with Gasteiger partial charge in [0, 0.05) is 38.6 Å². The van der Waals surface area contributed by atoms with Crippen molar-refractivity contribution in [3.05, 3.63) is 41.7 Å². The van der Waals surface area contributed by atoms with Gasteiger partial charge in [-0.15, -0.1) is 0 Å². The SMILES string of the molecule is CCc1ccc(O)c(C(=O)NC2CCN(c3nccn3C)CC2)c1. The van der Waals surface area contributed by atoms with E-state index in [2.05, 4.69) is 15.2 Å². The van der Waals surface area contributed by atoms with Gasteiger partial charge in [0.05, 0.1) is 5.56 Å². The molecule has 2 N–H and O–H groups in total. The molecule has 1 aliphatic rings. The standard InChI is InChI=1S/C18H24N4O2/c1-3-13-4-5-16(23)15(12-13)17(24)20-14-6-9-22(10-7-14)18-19-8-11-21(18)2/h4-5,8,11-12,14,23H,3,6-7,9-10H2,1-2H3,(H,20,24). The Morgan fingerprint density at radius 3 is 2.75 bits per heavy atom. The molecular formula is C18H24N4O2. The van der Waals surface area contributed by atoms with Crippen LogP contribution in [-0.4, -0.2) is 39.7 Å². The number of carbonyl (C=O) groups is 1. The highest BCUT2D eigenvalue weighted by Crippen LogP contribution is 2.21. The quantitative estimate of drug-likeness (QED) is 0.901. The number of rotatable bonds is 4. The van der Waals surface area contributed by atoms with Crippen LogP contribution in [0.4, 0.5) is 5.95 Å². The average molecular weight is 328 g/mol. The number of nitrogens with one attached hydrogen (secondary N) is 1. The summed E-state index contributed by atoms with van der Waals surface area (Å²) in [5, 5.41) is 13.0. The van der Waals surface area contributed by atoms with Crippen molar-refractivity contribution < 1.29 is 9.90 Å². The van der Waals surface area contributed by atoms with Crippen LogP contribution < -0.4 is 10.2 Å². The highest BCUT2D eigenvalue weighted by molar-refractivity contribution is 5.97. The lowest BCUT2D eigenvalue weighted by atomic mass is 10.0. The second-order valence-electron chi connectivity index (χ2n) is 6.28. The predicted molar refractivity (Wildman–Crippen MR) is 93.4 cm³/mol. The zero-order chi connectivity index (χ0) is 17.1. The minimum Gasteiger partial charge on any atom is -0.507 e. The summed E-state index contributed by atoms with van der Waals surface area (Å²) in [6.07, 6.45) is 6.31. The van der Waals surface area contributed by atoms with Gasteiger partial charge in [-0.25, -0.2) is 4.98 Å². The van der Waals surface area contributed by atoms with Crippen LogP contribution in [0.1, 0.15) is 35.7 Å². The molecule has 24 heavy (non-hydrogen) atoms. The van der Waals surface area contributed by atoms with Gasteiger partial charge in [-0.05, 0) is 37.0 Å². The van der Waals surface area contributed by atoms with E-state index in [9.17, 15) is 9.90 Å². The zero-order valence-corrected chi connectivity index (χ0v) is 14.2. The van der Waals surface area contributed by atoms with E-state index in [1.165, 1.54) is 0 Å². The van der Waals surface area contributed by atoms with Crippen molar-refractivity contribution in [2.75, 3.05) is 18.0 Å². The van der Waals surface area contributed by atoms with Crippen molar-refractivity contribution >= 4 is 11.9 Å². The summed E-state index contributed by atoms with van der Waals surface area (Å²) in [5.74, 6) is 0.807. The fourth-order valence-electron chi connectivity index (χ4n) is 3.13. The Bertz CT molecular complexity index is 718. The Morgan fingerprint density at radius 2 is 2.12 bits per heavy atom. The van der Waals surface area contributed by atoms with E-state index in [0.717, 1.165) is 43.9 Å². The number of anilines is 1. The number of phenolic OH excluding ortho intramolecular Hbond substituents is 1. The Morgan fingerprint density at radius 1 is 1.38 bits per heavy atom. The van der Waals surface area contributed by atoms with Gasteiger partial charge >= 0.3 is 0 Å². The molecule has 0 bridgehead atoms. The molecule has 1 fully saturated rings. The maximum Gasteiger partial charge on any atom is 0.255 e. The van der Waals surface area contributed by atoms with Crippen molar-refractivity contribution in [2.24, 2.45) is 7.05 Å². The number of aromatic nitrogens is 2. The number of aromatic hydroxyl groups is 1. The minimum atomic E-state index is -0.196. The van der Waals surface area contributed by atoms with Gasteiger partial charge in [-0.2, -0.15) is 0 Å². The predicted octanol–water partition coefficient (Wildman–Crippen LogP) is 2.09. The van der Waals surface area contributed by atoms with Crippen LogP contribution in [0.3, 0.4) is 0 Å². The van der Waals surface area contributed by atoms with E-state index >= 15 is 0 Å². The van der Waals surface area contributed by atoms with Crippen LogP contribution in [0, 0.1) is 0 Å². The number of nitrogens with zero attached hydrogens (tertiary/aromatic N) is 3. The third-order valence-electron chi connectivity index (χ3n) is 4.62. The first-order valence-electron chi connectivity index (χ1n) is 8.43. The molecule has 1 aromatic heterocycles. The number of amides is 1. The van der Waals surface area contributed by atoms with E-state index in [1.54, 1.807) is 18.3 Å². The Balaban J connectivity index is 1.60. The van der Waals surface area contributed by atoms with Crippen molar-refractivity contribution in [1.82, 2.24) is 14.9 Å². The molecule has 1 saturated heterocycles. The normalized spacial score (nSPS) is 15.5. The Kier molecular flexibility index (Phi) is 4.74. The van der Waals surface area contributed by atoms with Crippen LogP contribution in [0.5, 0.6) is 5.75 Å². The Labute approximate surface area is 142 Å². The van der Waals surface area contributed by atoms with Gasteiger partial charge in [0.1, 0.15) is 5.75 Å². The van der Waals surface area contributed by atoms with Gasteiger partial charge in [-0.3, -0.25) is 4.79 Å². The molecule has 1 aliphatic heterocycles. The van der Waals surface area contributed by atoms with Gasteiger partial charge in [0.2, 0.25) is 5.95 Å². The molecule has 6 nitrogen and oxygen atoms in total. The first-order chi connectivity index (χ1) is 11.6. The fraction of sp³-hybridized carbons (Fsp3) is 0.444. The van der Waals surface area contributed by atoms with Crippen molar-refractivity contribution in [3.8, 4) is 5.75 Å². The zero-order valence-electron chi connectivity index (χ0n) is 14.2. The first-order valence-corrected chi connectivity index (χ1v) is 8.43. The topological polar surface area (TPSA) is 70.4 Å². The van der Waals surface area contributed by atoms with E-state index in [0.29, 0.717) is 5.56 Å². The fourth-order valence-corrected chi connectivity index (χ4v) is 3.13. The number of piperidine rings is 1. The number of hydrogen-bond donors (Lipinski definition) is 2. The minimum absolute atomic E-state index is 0.0372. The maximum absolute atomic E-state index is 12.5. The largest absolute Gasteiger partial charge is 0.507 e. The number of hydrogen-bond acceptors (Lipinski definition) is 4. The van der Waals surface area contributed by atoms with E-state index in [1.807, 2.05) is 30.8 Å². The summed E-state index contributed by atoms with van der Waals surface area (Å²) < 4.78 is 2.01. The van der Waals surface area contributed by atoms with Gasteiger partial charge < -0.3 is 19.9 Å². The summed E-state index contributed by atoms with van der Waals surface area (Å²) in [7, 11) is 1.99. The first kappa shape index (κ1) is 16.4. The molecule has 0 spiro atoms. The van der Waals surface area contributed by atoms with Crippen molar-refractivity contribution in [1.29, 1.82) is 0 Å². The molecule has 0 unspecified atom stereocenters. The van der Waals surface area contributed by atoms with Crippen LogP contribution in [-0.2, 0) is 13.5 Å². The third-order valence-corrected chi connectivity index (χ3v) is 4.62. The van der Waals surface area contributed by atoms with Gasteiger partial charge in [0.25, 0.3) is 5.91 Å². The van der Waals surface area contributed by atoms with Gasteiger partial charge in [0.15, 0.2) is 0 Å². The van der Waals surface area contributed by atoms with Gasteiger partial charge in [-0.1, -0.05) is 13.0 Å². The van der Waals surface area contributed by atoms with E-state index in [4.69, 9.17) is 0 Å². The average Bonchev–Trinajstić information content (AvgIpc) is 3.02. The van der Waals surface area contributed by atoms with E-state index in [-0.39, 0.29) is 17.7 Å². The monoisotopic (exact) mass is 328 g/mol. The molecule has 0 aliphatic carbocycles. The van der Waals surface area contributed by atoms with Crippen molar-refractivity contribution in [3.63, 3.8) is 0 Å². The molecule has 6 heteroatoms. The molecule has 2 aromatic rings. The molecular weight excluding hydrogens is 304 g/mol. The molecule has 2 heterocycles. The highest BCUT2D eigenvalue weighted by atomic mass is 16.3. The molecule has 1 aromatic carbocycles. The van der Waals surface area contributed by atoms with E-state index < -0.39 is 0 Å². The summed E-state index contributed by atoms with van der Waals surface area (Å²) in [6, 6.07) is 5.33. The summed E-state index contributed by atoms with van der Waals surface area (Å²) in [4.78, 5) is 19.1. The summed E-state index contributed by atoms with van der Waals surface area (Å²) >= 11 is 0. The maximum atomic E-state index is 12.5. The number of carbonyl (C=O) groups excluding carboxylic acids is 1. The lowest BCUT2D eigenvalue weighted by Gasteiger charge is -2.33. The smallest absolute Gasteiger partial charge is 0.255 e. The number of imidazole rings is 1. The van der Waals surface area contributed by atoms with Crippen LogP contribution in [0.25, 0.3) is 0 Å². The molecule has 0 radical (unpaired) electrons. The Hall–Kier alpha value is -2.50. The number of aryl methyl sites for hydroxylation is 2. The molecule has 128 valence electrons. The number of phenols is 1. The summed E-state index contributed by atoms with van der Waals surface area (Å²) in [6.45, 7) is 3.75. The molecule has 0 saturated carbocycles. The van der Waals surface area contributed by atoms with Crippen LogP contribution >= 0.6 is 0 Å². The van der Waals surface area contributed by atoms with Crippen molar-refractivity contribution in [2.45, 2.75) is 32.2 Å². The lowest BCUT2D eigenvalue weighted by Crippen LogP contribution is -2.45. The van der Waals surface area contributed by atoms with Crippen LogP contribution in [0.15, 0.2) is 30.6 Å². The number of benzene rings is 1. The second-order valence-corrected chi connectivity index (χ2v) is 6.28. The molecule has 1 amide bonds. The second kappa shape index (κ2) is 6.95. The lowest BCUT2D eigenvalue weighted by molar-refractivity contribution is 0.0928.